The predicted octanol–water partition coefficient (Wildman–Crippen LogP) is 2.15. The third-order valence-electron chi connectivity index (χ3n) is 5.71. The summed E-state index contributed by atoms with van der Waals surface area (Å²) < 4.78 is 0. The van der Waals surface area contributed by atoms with Crippen LogP contribution in [0, 0.1) is 17.8 Å². The summed E-state index contributed by atoms with van der Waals surface area (Å²) in [5.41, 5.74) is 6.32. The lowest BCUT2D eigenvalue weighted by molar-refractivity contribution is -0.144. The molecule has 0 aromatic carbocycles. The molecule has 2 aliphatic carbocycles. The maximum atomic E-state index is 12.9. The first kappa shape index (κ1) is 12.5. The first-order chi connectivity index (χ1) is 8.59. The highest BCUT2D eigenvalue weighted by Gasteiger charge is 2.51. The Morgan fingerprint density at radius 3 is 2.22 bits per heavy atom. The zero-order valence-electron chi connectivity index (χ0n) is 11.6. The largest absolute Gasteiger partial charge is 0.337 e. The lowest BCUT2D eigenvalue weighted by Crippen LogP contribution is -2.54. The van der Waals surface area contributed by atoms with Gasteiger partial charge in [0.25, 0.3) is 0 Å². The third-order valence-corrected chi connectivity index (χ3v) is 5.71. The fourth-order valence-corrected chi connectivity index (χ4v) is 4.73. The summed E-state index contributed by atoms with van der Waals surface area (Å²) in [5, 5.41) is 0. The molecule has 3 nitrogen and oxygen atoms in total. The zero-order chi connectivity index (χ0) is 12.9. The van der Waals surface area contributed by atoms with Crippen molar-refractivity contribution in [1.82, 2.24) is 4.90 Å². The van der Waals surface area contributed by atoms with Crippen LogP contribution in [0.4, 0.5) is 0 Å². The van der Waals surface area contributed by atoms with E-state index >= 15 is 0 Å². The molecule has 3 rings (SSSR count). The molecule has 1 saturated heterocycles. The molecule has 102 valence electrons. The van der Waals surface area contributed by atoms with Crippen LogP contribution in [0.25, 0.3) is 0 Å². The van der Waals surface area contributed by atoms with E-state index in [1.807, 2.05) is 0 Å². The third kappa shape index (κ3) is 1.78. The number of hydrogen-bond donors (Lipinski definition) is 1. The Kier molecular flexibility index (Phi) is 3.13. The highest BCUT2D eigenvalue weighted by molar-refractivity contribution is 5.81. The number of carbonyl (C=O) groups excluding carboxylic acids is 1. The van der Waals surface area contributed by atoms with Crippen LogP contribution in [0.2, 0.25) is 0 Å². The van der Waals surface area contributed by atoms with Crippen molar-refractivity contribution in [2.24, 2.45) is 23.5 Å². The van der Waals surface area contributed by atoms with Crippen LogP contribution in [0.1, 0.15) is 52.4 Å². The molecule has 3 heteroatoms. The van der Waals surface area contributed by atoms with Crippen LogP contribution >= 0.6 is 0 Å². The van der Waals surface area contributed by atoms with Gasteiger partial charge < -0.3 is 10.6 Å². The Morgan fingerprint density at radius 1 is 1.06 bits per heavy atom. The Hall–Kier alpha value is -0.570. The normalized spacial score (nSPS) is 47.6. The van der Waals surface area contributed by atoms with Gasteiger partial charge in [-0.2, -0.15) is 0 Å². The van der Waals surface area contributed by atoms with Gasteiger partial charge >= 0.3 is 0 Å². The SMILES string of the molecule is CC1CCCC(C)N1C(=O)C1C2CCC(C2)C1N. The maximum Gasteiger partial charge on any atom is 0.228 e. The van der Waals surface area contributed by atoms with E-state index in [4.69, 9.17) is 5.73 Å². The van der Waals surface area contributed by atoms with E-state index in [9.17, 15) is 4.79 Å². The lowest BCUT2D eigenvalue weighted by atomic mass is 9.82. The zero-order valence-corrected chi connectivity index (χ0v) is 11.6. The Morgan fingerprint density at radius 2 is 1.67 bits per heavy atom. The highest BCUT2D eigenvalue weighted by Crippen LogP contribution is 2.48. The molecule has 6 unspecified atom stereocenters. The van der Waals surface area contributed by atoms with Crippen molar-refractivity contribution in [3.63, 3.8) is 0 Å². The van der Waals surface area contributed by atoms with Crippen molar-refractivity contribution in [3.05, 3.63) is 0 Å². The molecule has 3 fully saturated rings. The number of hydrogen-bond acceptors (Lipinski definition) is 2. The summed E-state index contributed by atoms with van der Waals surface area (Å²) in [7, 11) is 0. The monoisotopic (exact) mass is 250 g/mol. The van der Waals surface area contributed by atoms with Crippen LogP contribution in [-0.2, 0) is 4.79 Å². The maximum absolute atomic E-state index is 12.9. The van der Waals surface area contributed by atoms with E-state index in [1.165, 1.54) is 25.7 Å². The van der Waals surface area contributed by atoms with Crippen molar-refractivity contribution in [2.45, 2.75) is 70.5 Å². The van der Waals surface area contributed by atoms with Gasteiger partial charge in [0, 0.05) is 18.1 Å². The predicted molar refractivity (Wildman–Crippen MR) is 71.9 cm³/mol. The van der Waals surface area contributed by atoms with Gasteiger partial charge in [-0.3, -0.25) is 4.79 Å². The molecule has 0 radical (unpaired) electrons. The molecule has 18 heavy (non-hydrogen) atoms. The van der Waals surface area contributed by atoms with Gasteiger partial charge in [0.1, 0.15) is 0 Å². The van der Waals surface area contributed by atoms with Crippen LogP contribution < -0.4 is 5.73 Å². The van der Waals surface area contributed by atoms with Gasteiger partial charge in [0.2, 0.25) is 5.91 Å². The summed E-state index contributed by atoms with van der Waals surface area (Å²) in [6.45, 7) is 4.40. The van der Waals surface area contributed by atoms with Crippen molar-refractivity contribution in [1.29, 1.82) is 0 Å². The smallest absolute Gasteiger partial charge is 0.228 e. The van der Waals surface area contributed by atoms with Crippen LogP contribution in [0.5, 0.6) is 0 Å². The minimum absolute atomic E-state index is 0.131. The average Bonchev–Trinajstić information content (AvgIpc) is 2.88. The van der Waals surface area contributed by atoms with E-state index < -0.39 is 0 Å². The fraction of sp³-hybridized carbons (Fsp3) is 0.933. The summed E-state index contributed by atoms with van der Waals surface area (Å²) in [6.07, 6.45) is 7.26. The van der Waals surface area contributed by atoms with Gasteiger partial charge in [-0.25, -0.2) is 0 Å². The second-order valence-corrected chi connectivity index (χ2v) is 6.81. The van der Waals surface area contributed by atoms with Crippen molar-refractivity contribution < 1.29 is 4.79 Å². The van der Waals surface area contributed by atoms with Crippen molar-refractivity contribution in [3.8, 4) is 0 Å². The molecule has 1 amide bonds. The second kappa shape index (κ2) is 4.52. The minimum Gasteiger partial charge on any atom is -0.337 e. The van der Waals surface area contributed by atoms with Gasteiger partial charge in [0.15, 0.2) is 0 Å². The molecule has 1 heterocycles. The second-order valence-electron chi connectivity index (χ2n) is 6.81. The summed E-state index contributed by atoms with van der Waals surface area (Å²) in [5.74, 6) is 1.71. The van der Waals surface area contributed by atoms with E-state index in [2.05, 4.69) is 18.7 Å². The molecule has 2 saturated carbocycles. The van der Waals surface area contributed by atoms with Gasteiger partial charge in [0.05, 0.1) is 5.92 Å². The molecule has 1 aliphatic heterocycles. The molecule has 6 atom stereocenters. The molecule has 0 aromatic heterocycles. The highest BCUT2D eigenvalue weighted by atomic mass is 16.2. The fourth-order valence-electron chi connectivity index (χ4n) is 4.73. The minimum atomic E-state index is 0.131. The Balaban J connectivity index is 1.77. The van der Waals surface area contributed by atoms with Crippen molar-refractivity contribution >= 4 is 5.91 Å². The number of nitrogens with zero attached hydrogens (tertiary/aromatic N) is 1. The topological polar surface area (TPSA) is 46.3 Å². The van der Waals surface area contributed by atoms with Crippen LogP contribution in [-0.4, -0.2) is 28.9 Å². The Bertz CT molecular complexity index is 327. The Labute approximate surface area is 110 Å². The molecule has 0 aromatic rings. The molecule has 2 N–H and O–H groups in total. The van der Waals surface area contributed by atoms with Gasteiger partial charge in [-0.15, -0.1) is 0 Å². The number of likely N-dealkylation sites (tertiary alicyclic amines) is 1. The van der Waals surface area contributed by atoms with Crippen LogP contribution in [0.3, 0.4) is 0 Å². The standard InChI is InChI=1S/C15H26N2O/c1-9-4-3-5-10(2)17(9)15(18)13-11-6-7-12(8-11)14(13)16/h9-14H,3-8,16H2,1-2H3. The average molecular weight is 250 g/mol. The summed E-state index contributed by atoms with van der Waals surface area (Å²) in [4.78, 5) is 15.0. The van der Waals surface area contributed by atoms with E-state index in [-0.39, 0.29) is 12.0 Å². The lowest BCUT2D eigenvalue weighted by Gasteiger charge is -2.42. The van der Waals surface area contributed by atoms with Crippen LogP contribution in [0.15, 0.2) is 0 Å². The van der Waals surface area contributed by atoms with Gasteiger partial charge in [-0.1, -0.05) is 0 Å². The summed E-state index contributed by atoms with van der Waals surface area (Å²) in [6, 6.07) is 0.956. The first-order valence-electron chi connectivity index (χ1n) is 7.67. The van der Waals surface area contributed by atoms with E-state index in [0.717, 1.165) is 12.8 Å². The number of fused-ring (bicyclic) bond motifs is 2. The molecular formula is C15H26N2O. The number of nitrogens with two attached hydrogens (primary N) is 1. The molecule has 0 spiro atoms. The van der Waals surface area contributed by atoms with Gasteiger partial charge in [-0.05, 0) is 64.2 Å². The first-order valence-corrected chi connectivity index (χ1v) is 7.67. The number of carbonyl (C=O) groups is 1. The van der Waals surface area contributed by atoms with E-state index in [0.29, 0.717) is 29.8 Å². The molecule has 2 bridgehead atoms. The number of amides is 1. The molecular weight excluding hydrogens is 224 g/mol. The number of piperidine rings is 1. The van der Waals surface area contributed by atoms with Crippen molar-refractivity contribution in [2.75, 3.05) is 0 Å². The van der Waals surface area contributed by atoms with E-state index in [1.54, 1.807) is 0 Å². The molecule has 3 aliphatic rings. The number of rotatable bonds is 1. The quantitative estimate of drug-likeness (QED) is 0.775. The summed E-state index contributed by atoms with van der Waals surface area (Å²) >= 11 is 0.